The number of nitrogens with one attached hydrogen (secondary N) is 1. The van der Waals surface area contributed by atoms with Gasteiger partial charge in [-0.05, 0) is 48.0 Å². The van der Waals surface area contributed by atoms with Gasteiger partial charge < -0.3 is 19.5 Å². The first-order valence-electron chi connectivity index (χ1n) is 11.2. The molecule has 1 aromatic rings. The minimum atomic E-state index is -2.95. The number of rotatable bonds is 6. The van der Waals surface area contributed by atoms with Crippen LogP contribution in [-0.4, -0.2) is 32.3 Å². The molecule has 31 heavy (non-hydrogen) atoms. The van der Waals surface area contributed by atoms with E-state index in [9.17, 15) is 13.6 Å². The molecule has 172 valence electrons. The minimum absolute atomic E-state index is 0.0233. The lowest BCUT2D eigenvalue weighted by Gasteiger charge is -2.53. The van der Waals surface area contributed by atoms with Crippen molar-refractivity contribution in [1.29, 1.82) is 0 Å². The molecule has 1 heterocycles. The Labute approximate surface area is 182 Å². The fourth-order valence-electron chi connectivity index (χ4n) is 6.54. The van der Waals surface area contributed by atoms with Crippen LogP contribution in [0.3, 0.4) is 0 Å². The van der Waals surface area contributed by atoms with E-state index in [4.69, 9.17) is 14.2 Å². The van der Waals surface area contributed by atoms with Gasteiger partial charge in [-0.1, -0.05) is 39.8 Å². The van der Waals surface area contributed by atoms with E-state index < -0.39 is 6.61 Å². The zero-order valence-electron chi connectivity index (χ0n) is 18.9. The molecule has 1 aromatic carbocycles. The summed E-state index contributed by atoms with van der Waals surface area (Å²) < 4.78 is 42.9. The smallest absolute Gasteiger partial charge is 0.387 e. The Morgan fingerprint density at radius 3 is 2.68 bits per heavy atom. The Morgan fingerprint density at radius 1 is 1.29 bits per heavy atom. The zero-order valence-corrected chi connectivity index (χ0v) is 18.9. The number of alkyl halides is 2. The summed E-state index contributed by atoms with van der Waals surface area (Å²) in [4.78, 5) is 12.7. The molecule has 2 bridgehead atoms. The number of hydrogen-bond donors (Lipinski definition) is 1. The molecule has 2 aliphatic carbocycles. The SMILES string of the molecule is COc1cccc([C@H]2OCCC34C[C@@H](C[C@H]23)C(C)(C)[C@@H]4NC(=O)C(C)C)c1OC(F)F. The highest BCUT2D eigenvalue weighted by atomic mass is 19.3. The van der Waals surface area contributed by atoms with Gasteiger partial charge in [0.1, 0.15) is 0 Å². The van der Waals surface area contributed by atoms with Gasteiger partial charge in [-0.15, -0.1) is 0 Å². The average Bonchev–Trinajstić information content (AvgIpc) is 3.20. The largest absolute Gasteiger partial charge is 0.493 e. The monoisotopic (exact) mass is 437 g/mol. The van der Waals surface area contributed by atoms with Gasteiger partial charge in [0.2, 0.25) is 5.91 Å². The predicted molar refractivity (Wildman–Crippen MR) is 112 cm³/mol. The van der Waals surface area contributed by atoms with Gasteiger partial charge in [0, 0.05) is 24.1 Å². The molecule has 3 fully saturated rings. The molecular weight excluding hydrogens is 404 g/mol. The molecule has 1 unspecified atom stereocenters. The fourth-order valence-corrected chi connectivity index (χ4v) is 6.54. The molecule has 5 nitrogen and oxygen atoms in total. The van der Waals surface area contributed by atoms with Gasteiger partial charge in [-0.3, -0.25) is 4.79 Å². The van der Waals surface area contributed by atoms with Crippen LogP contribution in [0.4, 0.5) is 8.78 Å². The van der Waals surface area contributed by atoms with Crippen LogP contribution in [0.1, 0.15) is 58.6 Å². The van der Waals surface area contributed by atoms with Crippen molar-refractivity contribution in [2.45, 2.75) is 65.7 Å². The first-order chi connectivity index (χ1) is 14.6. The van der Waals surface area contributed by atoms with Crippen molar-refractivity contribution in [3.8, 4) is 11.5 Å². The first kappa shape index (κ1) is 22.3. The highest BCUT2D eigenvalue weighted by Crippen LogP contribution is 2.71. The molecular formula is C24H33F2NO4. The maximum atomic E-state index is 13.2. The number of amides is 1. The van der Waals surface area contributed by atoms with Crippen molar-refractivity contribution in [1.82, 2.24) is 5.32 Å². The third-order valence-electron chi connectivity index (χ3n) is 8.06. The quantitative estimate of drug-likeness (QED) is 0.684. The summed E-state index contributed by atoms with van der Waals surface area (Å²) in [5.74, 6) is 0.837. The van der Waals surface area contributed by atoms with Crippen LogP contribution in [0.25, 0.3) is 0 Å². The van der Waals surface area contributed by atoms with E-state index in [1.807, 2.05) is 13.8 Å². The molecule has 5 atom stereocenters. The van der Waals surface area contributed by atoms with Gasteiger partial charge in [-0.25, -0.2) is 0 Å². The van der Waals surface area contributed by atoms with Crippen molar-refractivity contribution in [3.05, 3.63) is 23.8 Å². The summed E-state index contributed by atoms with van der Waals surface area (Å²) >= 11 is 0. The van der Waals surface area contributed by atoms with Gasteiger partial charge >= 0.3 is 6.61 Å². The Hall–Kier alpha value is -1.89. The summed E-state index contributed by atoms with van der Waals surface area (Å²) in [6.45, 7) is 5.86. The second-order valence-corrected chi connectivity index (χ2v) is 10.2. The number of benzene rings is 1. The molecule has 4 rings (SSSR count). The number of para-hydroxylation sites is 1. The van der Waals surface area contributed by atoms with E-state index in [2.05, 4.69) is 19.2 Å². The summed E-state index contributed by atoms with van der Waals surface area (Å²) in [6.07, 6.45) is 2.43. The summed E-state index contributed by atoms with van der Waals surface area (Å²) in [5, 5.41) is 3.36. The van der Waals surface area contributed by atoms with Crippen molar-refractivity contribution in [2.75, 3.05) is 13.7 Å². The van der Waals surface area contributed by atoms with Crippen LogP contribution in [0, 0.1) is 28.6 Å². The third-order valence-corrected chi connectivity index (χ3v) is 8.06. The van der Waals surface area contributed by atoms with E-state index in [1.54, 1.807) is 18.2 Å². The topological polar surface area (TPSA) is 56.8 Å². The first-order valence-corrected chi connectivity index (χ1v) is 11.2. The second-order valence-electron chi connectivity index (χ2n) is 10.2. The molecule has 1 aliphatic heterocycles. The number of ether oxygens (including phenoxy) is 3. The number of carbonyl (C=O) groups is 1. The van der Waals surface area contributed by atoms with Gasteiger partial charge in [0.25, 0.3) is 0 Å². The zero-order chi connectivity index (χ0) is 22.6. The lowest BCUT2D eigenvalue weighted by molar-refractivity contribution is -0.140. The average molecular weight is 438 g/mol. The normalized spacial score (nSPS) is 33.5. The maximum absolute atomic E-state index is 13.2. The lowest BCUT2D eigenvalue weighted by atomic mass is 9.58. The van der Waals surface area contributed by atoms with E-state index >= 15 is 0 Å². The Kier molecular flexibility index (Phi) is 5.69. The van der Waals surface area contributed by atoms with Gasteiger partial charge in [0.15, 0.2) is 11.5 Å². The van der Waals surface area contributed by atoms with Crippen molar-refractivity contribution >= 4 is 5.91 Å². The molecule has 1 amide bonds. The molecule has 0 radical (unpaired) electrons. The highest BCUT2D eigenvalue weighted by molar-refractivity contribution is 5.78. The molecule has 0 aromatic heterocycles. The number of carbonyl (C=O) groups excluding carboxylic acids is 1. The molecule has 1 spiro atoms. The molecule has 3 aliphatic rings. The van der Waals surface area contributed by atoms with E-state index in [-0.39, 0.29) is 52.2 Å². The standard InChI is InChI=1S/C24H33F2NO4/c1-13(2)20(28)27-21-23(3,4)14-11-16-18(30-10-9-24(16,21)12-14)15-7-6-8-17(29-5)19(15)31-22(25)26/h6-8,13-14,16,18,21-22H,9-12H2,1-5H3,(H,27,28)/t14-,16-,18-,21+,24?/m1/s1. The van der Waals surface area contributed by atoms with Crippen molar-refractivity contribution < 1.29 is 27.8 Å². The Bertz CT molecular complexity index is 843. The van der Waals surface area contributed by atoms with Crippen LogP contribution in [0.15, 0.2) is 18.2 Å². The third kappa shape index (κ3) is 3.49. The summed E-state index contributed by atoms with van der Waals surface area (Å²) in [5.41, 5.74) is 0.454. The predicted octanol–water partition coefficient (Wildman–Crippen LogP) is 4.95. The van der Waals surface area contributed by atoms with Gasteiger partial charge in [0.05, 0.1) is 13.2 Å². The maximum Gasteiger partial charge on any atom is 0.387 e. The molecule has 1 saturated heterocycles. The van der Waals surface area contributed by atoms with E-state index in [0.29, 0.717) is 18.1 Å². The Morgan fingerprint density at radius 2 is 2.03 bits per heavy atom. The Balaban J connectivity index is 1.73. The number of methoxy groups -OCH3 is 1. The fraction of sp³-hybridized carbons (Fsp3) is 0.708. The van der Waals surface area contributed by atoms with E-state index in [1.165, 1.54) is 7.11 Å². The van der Waals surface area contributed by atoms with Crippen LogP contribution >= 0.6 is 0 Å². The van der Waals surface area contributed by atoms with Crippen LogP contribution in [0.2, 0.25) is 0 Å². The highest BCUT2D eigenvalue weighted by Gasteiger charge is 2.68. The van der Waals surface area contributed by atoms with Crippen molar-refractivity contribution in [2.24, 2.45) is 28.6 Å². The number of halogens is 2. The van der Waals surface area contributed by atoms with Crippen molar-refractivity contribution in [3.63, 3.8) is 0 Å². The van der Waals surface area contributed by atoms with E-state index in [0.717, 1.165) is 19.3 Å². The molecule has 7 heteroatoms. The lowest BCUT2D eigenvalue weighted by Crippen LogP contribution is -2.59. The summed E-state index contributed by atoms with van der Waals surface area (Å²) in [6, 6.07) is 5.22. The second kappa shape index (κ2) is 7.91. The number of hydrogen-bond acceptors (Lipinski definition) is 4. The molecule has 1 N–H and O–H groups in total. The minimum Gasteiger partial charge on any atom is -0.493 e. The van der Waals surface area contributed by atoms with Crippen LogP contribution in [-0.2, 0) is 9.53 Å². The van der Waals surface area contributed by atoms with Gasteiger partial charge in [-0.2, -0.15) is 8.78 Å². The van der Waals surface area contributed by atoms with Crippen LogP contribution < -0.4 is 14.8 Å². The number of fused-ring (bicyclic) bond motifs is 1. The molecule has 2 saturated carbocycles. The van der Waals surface area contributed by atoms with Crippen LogP contribution in [0.5, 0.6) is 11.5 Å². The summed E-state index contributed by atoms with van der Waals surface area (Å²) in [7, 11) is 1.44.